The van der Waals surface area contributed by atoms with E-state index < -0.39 is 11.8 Å². The number of nitrogens with one attached hydrogen (secondary N) is 1. The first-order chi connectivity index (χ1) is 8.04. The number of piperidine rings is 1. The van der Waals surface area contributed by atoms with Crippen LogP contribution in [0, 0.1) is 0 Å². The average Bonchev–Trinajstić information content (AvgIpc) is 2.30. The van der Waals surface area contributed by atoms with Gasteiger partial charge in [0, 0.05) is 12.7 Å². The Kier molecular flexibility index (Phi) is 3.24. The molecule has 1 aliphatic heterocycles. The standard InChI is InChI=1S/C11H13F3N2O/c12-11(13,14)10(4-2-6-16-8-10)17-9-3-1-5-15-7-9/h1,3,5,7,16H,2,4,6,8H2. The summed E-state index contributed by atoms with van der Waals surface area (Å²) in [7, 11) is 0. The molecule has 0 radical (unpaired) electrons. The molecule has 1 fully saturated rings. The number of hydrogen-bond acceptors (Lipinski definition) is 3. The lowest BCUT2D eigenvalue weighted by molar-refractivity contribution is -0.252. The molecular weight excluding hydrogens is 233 g/mol. The van der Waals surface area contributed by atoms with Crippen molar-refractivity contribution in [1.29, 1.82) is 0 Å². The van der Waals surface area contributed by atoms with Gasteiger partial charge in [-0.3, -0.25) is 4.98 Å². The largest absolute Gasteiger partial charge is 0.475 e. The highest BCUT2D eigenvalue weighted by molar-refractivity contribution is 5.18. The third-order valence-electron chi connectivity index (χ3n) is 2.81. The Morgan fingerprint density at radius 1 is 1.41 bits per heavy atom. The van der Waals surface area contributed by atoms with Crippen molar-refractivity contribution in [3.05, 3.63) is 24.5 Å². The van der Waals surface area contributed by atoms with E-state index in [0.717, 1.165) is 0 Å². The molecule has 1 unspecified atom stereocenters. The fraction of sp³-hybridized carbons (Fsp3) is 0.545. The fourth-order valence-electron chi connectivity index (χ4n) is 1.90. The van der Waals surface area contributed by atoms with E-state index in [1.54, 1.807) is 6.07 Å². The monoisotopic (exact) mass is 246 g/mol. The molecule has 1 saturated heterocycles. The summed E-state index contributed by atoms with van der Waals surface area (Å²) in [5, 5.41) is 2.74. The normalized spacial score (nSPS) is 25.6. The van der Waals surface area contributed by atoms with Gasteiger partial charge in [-0.1, -0.05) is 0 Å². The number of halogens is 3. The topological polar surface area (TPSA) is 34.1 Å². The summed E-state index contributed by atoms with van der Waals surface area (Å²) in [5.74, 6) is 0.147. The first-order valence-electron chi connectivity index (χ1n) is 5.40. The Hall–Kier alpha value is -1.30. The van der Waals surface area contributed by atoms with Gasteiger partial charge in [0.2, 0.25) is 5.60 Å². The summed E-state index contributed by atoms with van der Waals surface area (Å²) >= 11 is 0. The van der Waals surface area contributed by atoms with Gasteiger partial charge in [0.25, 0.3) is 0 Å². The van der Waals surface area contributed by atoms with E-state index in [4.69, 9.17) is 4.74 Å². The van der Waals surface area contributed by atoms with Crippen LogP contribution in [0.25, 0.3) is 0 Å². The van der Waals surface area contributed by atoms with E-state index >= 15 is 0 Å². The first-order valence-corrected chi connectivity index (χ1v) is 5.40. The number of nitrogens with zero attached hydrogens (tertiary/aromatic N) is 1. The molecule has 1 N–H and O–H groups in total. The third kappa shape index (κ3) is 2.52. The highest BCUT2D eigenvalue weighted by Crippen LogP contribution is 2.38. The van der Waals surface area contributed by atoms with Crippen LogP contribution in [0.3, 0.4) is 0 Å². The number of rotatable bonds is 2. The SMILES string of the molecule is FC(F)(F)C1(Oc2cccnc2)CCCNC1. The van der Waals surface area contributed by atoms with E-state index in [1.165, 1.54) is 18.5 Å². The lowest BCUT2D eigenvalue weighted by Crippen LogP contribution is -2.59. The van der Waals surface area contributed by atoms with Crippen molar-refractivity contribution in [2.75, 3.05) is 13.1 Å². The molecule has 1 aliphatic rings. The van der Waals surface area contributed by atoms with Gasteiger partial charge >= 0.3 is 6.18 Å². The molecule has 6 heteroatoms. The molecule has 1 aromatic heterocycles. The molecule has 2 rings (SSSR count). The van der Waals surface area contributed by atoms with Gasteiger partial charge in [0.1, 0.15) is 5.75 Å². The van der Waals surface area contributed by atoms with E-state index in [2.05, 4.69) is 10.3 Å². The molecule has 2 heterocycles. The minimum atomic E-state index is -4.39. The predicted molar refractivity (Wildman–Crippen MR) is 55.8 cm³/mol. The maximum atomic E-state index is 13.1. The molecule has 0 aliphatic carbocycles. The Morgan fingerprint density at radius 2 is 2.24 bits per heavy atom. The molecule has 17 heavy (non-hydrogen) atoms. The smallest absolute Gasteiger partial charge is 0.429 e. The Morgan fingerprint density at radius 3 is 2.76 bits per heavy atom. The predicted octanol–water partition coefficient (Wildman–Crippen LogP) is 2.14. The molecule has 0 saturated carbocycles. The highest BCUT2D eigenvalue weighted by Gasteiger charge is 2.57. The Balaban J connectivity index is 2.22. The quantitative estimate of drug-likeness (QED) is 0.868. The van der Waals surface area contributed by atoms with Gasteiger partial charge in [0.05, 0.1) is 6.20 Å². The van der Waals surface area contributed by atoms with Crippen molar-refractivity contribution in [2.24, 2.45) is 0 Å². The molecule has 0 aromatic carbocycles. The minimum absolute atomic E-state index is 0.0294. The summed E-state index contributed by atoms with van der Waals surface area (Å²) in [6, 6.07) is 3.03. The van der Waals surface area contributed by atoms with Gasteiger partial charge in [-0.05, 0) is 31.5 Å². The van der Waals surface area contributed by atoms with Gasteiger partial charge in [-0.25, -0.2) is 0 Å². The van der Waals surface area contributed by atoms with Crippen molar-refractivity contribution in [1.82, 2.24) is 10.3 Å². The van der Waals surface area contributed by atoms with Gasteiger partial charge < -0.3 is 10.1 Å². The maximum absolute atomic E-state index is 13.1. The number of pyridine rings is 1. The maximum Gasteiger partial charge on any atom is 0.429 e. The zero-order valence-electron chi connectivity index (χ0n) is 9.13. The van der Waals surface area contributed by atoms with Crippen molar-refractivity contribution < 1.29 is 17.9 Å². The summed E-state index contributed by atoms with van der Waals surface area (Å²) in [5.41, 5.74) is -2.13. The van der Waals surface area contributed by atoms with Gasteiger partial charge in [-0.15, -0.1) is 0 Å². The number of hydrogen-bond donors (Lipinski definition) is 1. The van der Waals surface area contributed by atoms with E-state index in [-0.39, 0.29) is 18.7 Å². The van der Waals surface area contributed by atoms with Crippen LogP contribution in [0.15, 0.2) is 24.5 Å². The summed E-state index contributed by atoms with van der Waals surface area (Å²) in [4.78, 5) is 3.75. The number of alkyl halides is 3. The molecule has 0 bridgehead atoms. The molecular formula is C11H13F3N2O. The second-order valence-corrected chi connectivity index (χ2v) is 4.06. The van der Waals surface area contributed by atoms with Crippen LogP contribution >= 0.6 is 0 Å². The van der Waals surface area contributed by atoms with Crippen molar-refractivity contribution in [2.45, 2.75) is 24.6 Å². The van der Waals surface area contributed by atoms with Gasteiger partial charge in [-0.2, -0.15) is 13.2 Å². The molecule has 1 atom stereocenters. The van der Waals surface area contributed by atoms with Crippen LogP contribution in [0.2, 0.25) is 0 Å². The Bertz CT molecular complexity index is 361. The summed E-state index contributed by atoms with van der Waals surface area (Å²) in [6.45, 7) is 0.375. The molecule has 94 valence electrons. The second-order valence-electron chi connectivity index (χ2n) is 4.06. The van der Waals surface area contributed by atoms with E-state index in [1.807, 2.05) is 0 Å². The lowest BCUT2D eigenvalue weighted by atomic mass is 9.93. The molecule has 0 amide bonds. The van der Waals surface area contributed by atoms with E-state index in [9.17, 15) is 13.2 Å². The zero-order valence-corrected chi connectivity index (χ0v) is 9.13. The summed E-state index contributed by atoms with van der Waals surface area (Å²) < 4.78 is 44.4. The molecule has 3 nitrogen and oxygen atoms in total. The van der Waals surface area contributed by atoms with Crippen molar-refractivity contribution in [3.63, 3.8) is 0 Å². The fourth-order valence-corrected chi connectivity index (χ4v) is 1.90. The van der Waals surface area contributed by atoms with Crippen LogP contribution in [0.4, 0.5) is 13.2 Å². The average molecular weight is 246 g/mol. The van der Waals surface area contributed by atoms with Crippen LogP contribution in [-0.2, 0) is 0 Å². The van der Waals surface area contributed by atoms with Crippen molar-refractivity contribution in [3.8, 4) is 5.75 Å². The van der Waals surface area contributed by atoms with E-state index in [0.29, 0.717) is 13.0 Å². The number of aromatic nitrogens is 1. The Labute approximate surface area is 97.0 Å². The zero-order chi connectivity index (χ0) is 12.4. The van der Waals surface area contributed by atoms with Crippen molar-refractivity contribution >= 4 is 0 Å². The van der Waals surface area contributed by atoms with Crippen LogP contribution in [-0.4, -0.2) is 29.9 Å². The first kappa shape index (κ1) is 12.2. The second kappa shape index (κ2) is 4.52. The highest BCUT2D eigenvalue weighted by atomic mass is 19.4. The van der Waals surface area contributed by atoms with Gasteiger partial charge in [0.15, 0.2) is 0 Å². The van der Waals surface area contributed by atoms with Crippen LogP contribution in [0.1, 0.15) is 12.8 Å². The number of ether oxygens (including phenoxy) is 1. The molecule has 1 aromatic rings. The third-order valence-corrected chi connectivity index (χ3v) is 2.81. The van der Waals surface area contributed by atoms with Crippen LogP contribution < -0.4 is 10.1 Å². The molecule has 0 spiro atoms. The minimum Gasteiger partial charge on any atom is -0.475 e. The lowest BCUT2D eigenvalue weighted by Gasteiger charge is -2.39. The van der Waals surface area contributed by atoms with Crippen LogP contribution in [0.5, 0.6) is 5.75 Å². The summed E-state index contributed by atoms with van der Waals surface area (Å²) in [6.07, 6.45) is -1.19.